The van der Waals surface area contributed by atoms with Gasteiger partial charge < -0.3 is 5.32 Å². The molecule has 1 unspecified atom stereocenters. The number of carbonyl (C=O) groups is 1. The van der Waals surface area contributed by atoms with Crippen LogP contribution in [0.4, 0.5) is 5.69 Å². The van der Waals surface area contributed by atoms with Gasteiger partial charge in [0.2, 0.25) is 15.9 Å². The molecule has 0 aliphatic carbocycles. The zero-order chi connectivity index (χ0) is 16.8. The fourth-order valence-electron chi connectivity index (χ4n) is 2.18. The summed E-state index contributed by atoms with van der Waals surface area (Å²) in [4.78, 5) is 12.0. The SMILES string of the molecule is CCc1ccc(NC(=O)CCN(C(C)CC)S(C)(=O)=O)cc1. The van der Waals surface area contributed by atoms with Gasteiger partial charge in [0.05, 0.1) is 6.26 Å². The number of sulfonamides is 1. The Morgan fingerprint density at radius 1 is 1.23 bits per heavy atom. The minimum atomic E-state index is -3.30. The van der Waals surface area contributed by atoms with E-state index in [0.29, 0.717) is 6.42 Å². The first-order chi connectivity index (χ1) is 10.3. The van der Waals surface area contributed by atoms with Crippen LogP contribution in [0.25, 0.3) is 0 Å². The second-order valence-corrected chi connectivity index (χ2v) is 7.41. The minimum absolute atomic E-state index is 0.105. The van der Waals surface area contributed by atoms with Gasteiger partial charge >= 0.3 is 0 Å². The monoisotopic (exact) mass is 326 g/mol. The fourth-order valence-corrected chi connectivity index (χ4v) is 3.40. The van der Waals surface area contributed by atoms with Crippen molar-refractivity contribution in [3.8, 4) is 0 Å². The highest BCUT2D eigenvalue weighted by molar-refractivity contribution is 7.88. The van der Waals surface area contributed by atoms with E-state index >= 15 is 0 Å². The van der Waals surface area contributed by atoms with E-state index < -0.39 is 10.0 Å². The van der Waals surface area contributed by atoms with Crippen LogP contribution >= 0.6 is 0 Å². The Kier molecular flexibility index (Phi) is 7.03. The second kappa shape index (κ2) is 8.29. The first kappa shape index (κ1) is 18.6. The number of carbonyl (C=O) groups excluding carboxylic acids is 1. The fraction of sp³-hybridized carbons (Fsp3) is 0.562. The summed E-state index contributed by atoms with van der Waals surface area (Å²) < 4.78 is 24.9. The van der Waals surface area contributed by atoms with Gasteiger partial charge in [-0.3, -0.25) is 4.79 Å². The summed E-state index contributed by atoms with van der Waals surface area (Å²) in [5.41, 5.74) is 1.94. The standard InChI is InChI=1S/C16H26N2O3S/c1-5-13(3)18(22(4,20)21)12-11-16(19)17-15-9-7-14(6-2)8-10-15/h7-10,13H,5-6,11-12H2,1-4H3,(H,17,19). The first-order valence-corrected chi connectivity index (χ1v) is 9.48. The van der Waals surface area contributed by atoms with E-state index in [2.05, 4.69) is 12.2 Å². The summed E-state index contributed by atoms with van der Waals surface area (Å²) in [6.45, 7) is 6.05. The average Bonchev–Trinajstić information content (AvgIpc) is 2.46. The minimum Gasteiger partial charge on any atom is -0.326 e. The molecule has 5 nitrogen and oxygen atoms in total. The molecule has 0 aromatic heterocycles. The van der Waals surface area contributed by atoms with Crippen LogP contribution in [0.15, 0.2) is 24.3 Å². The highest BCUT2D eigenvalue weighted by Crippen LogP contribution is 2.12. The van der Waals surface area contributed by atoms with Crippen LogP contribution in [0.1, 0.15) is 39.2 Å². The van der Waals surface area contributed by atoms with Crippen LogP contribution in [0.2, 0.25) is 0 Å². The van der Waals surface area contributed by atoms with E-state index in [-0.39, 0.29) is 24.9 Å². The van der Waals surface area contributed by atoms with Crippen LogP contribution in [-0.4, -0.2) is 37.5 Å². The van der Waals surface area contributed by atoms with Gasteiger partial charge in [-0.1, -0.05) is 26.0 Å². The lowest BCUT2D eigenvalue weighted by molar-refractivity contribution is -0.116. The Morgan fingerprint density at radius 2 is 1.82 bits per heavy atom. The molecule has 0 heterocycles. The second-order valence-electron chi connectivity index (χ2n) is 5.48. The van der Waals surface area contributed by atoms with Crippen molar-refractivity contribution in [3.05, 3.63) is 29.8 Å². The molecule has 0 fully saturated rings. The van der Waals surface area contributed by atoms with Crippen LogP contribution < -0.4 is 5.32 Å². The van der Waals surface area contributed by atoms with Gasteiger partial charge in [-0.15, -0.1) is 0 Å². The van der Waals surface area contributed by atoms with Crippen molar-refractivity contribution in [2.75, 3.05) is 18.1 Å². The Balaban J connectivity index is 2.60. The van der Waals surface area contributed by atoms with Crippen molar-refractivity contribution in [1.82, 2.24) is 4.31 Å². The Hall–Kier alpha value is -1.40. The number of benzene rings is 1. The number of nitrogens with one attached hydrogen (secondary N) is 1. The van der Waals surface area contributed by atoms with Crippen molar-refractivity contribution < 1.29 is 13.2 Å². The number of hydrogen-bond acceptors (Lipinski definition) is 3. The number of nitrogens with zero attached hydrogens (tertiary/aromatic N) is 1. The third-order valence-corrected chi connectivity index (χ3v) is 5.11. The van der Waals surface area contributed by atoms with E-state index in [1.54, 1.807) is 0 Å². The maximum atomic E-state index is 12.0. The average molecular weight is 326 g/mol. The van der Waals surface area contributed by atoms with E-state index in [9.17, 15) is 13.2 Å². The third kappa shape index (κ3) is 5.77. The van der Waals surface area contributed by atoms with E-state index in [1.165, 1.54) is 16.1 Å². The molecule has 1 aromatic carbocycles. The smallest absolute Gasteiger partial charge is 0.225 e. The van der Waals surface area contributed by atoms with Gasteiger partial charge in [0, 0.05) is 24.7 Å². The van der Waals surface area contributed by atoms with E-state index in [0.717, 1.165) is 12.1 Å². The van der Waals surface area contributed by atoms with Crippen LogP contribution in [0.5, 0.6) is 0 Å². The van der Waals surface area contributed by atoms with E-state index in [4.69, 9.17) is 0 Å². The molecule has 0 aliphatic rings. The number of aryl methyl sites for hydroxylation is 1. The molecule has 1 aromatic rings. The lowest BCUT2D eigenvalue weighted by atomic mass is 10.1. The molecular formula is C16H26N2O3S. The van der Waals surface area contributed by atoms with E-state index in [1.807, 2.05) is 38.1 Å². The number of rotatable bonds is 8. The first-order valence-electron chi connectivity index (χ1n) is 7.63. The molecule has 0 radical (unpaired) electrons. The third-order valence-electron chi connectivity index (χ3n) is 3.71. The topological polar surface area (TPSA) is 66.5 Å². The number of hydrogen-bond donors (Lipinski definition) is 1. The molecule has 0 saturated heterocycles. The van der Waals surface area contributed by atoms with Crippen molar-refractivity contribution in [2.24, 2.45) is 0 Å². The highest BCUT2D eigenvalue weighted by Gasteiger charge is 2.22. The lowest BCUT2D eigenvalue weighted by Crippen LogP contribution is -2.39. The van der Waals surface area contributed by atoms with Crippen molar-refractivity contribution in [2.45, 2.75) is 46.1 Å². The van der Waals surface area contributed by atoms with Crippen molar-refractivity contribution >= 4 is 21.6 Å². The summed E-state index contributed by atoms with van der Waals surface area (Å²) in [6.07, 6.45) is 2.99. The van der Waals surface area contributed by atoms with Crippen LogP contribution in [0, 0.1) is 0 Å². The molecule has 22 heavy (non-hydrogen) atoms. The molecule has 1 atom stereocenters. The Bertz CT molecular complexity index is 582. The molecule has 1 amide bonds. The zero-order valence-corrected chi connectivity index (χ0v) is 14.6. The molecule has 1 N–H and O–H groups in total. The molecule has 124 valence electrons. The summed E-state index contributed by atoms with van der Waals surface area (Å²) in [5, 5.41) is 2.80. The lowest BCUT2D eigenvalue weighted by Gasteiger charge is -2.25. The van der Waals surface area contributed by atoms with Crippen LogP contribution in [-0.2, 0) is 21.2 Å². The predicted octanol–water partition coefficient (Wildman–Crippen LogP) is 2.64. The molecule has 0 spiro atoms. The van der Waals surface area contributed by atoms with Crippen molar-refractivity contribution in [3.63, 3.8) is 0 Å². The van der Waals surface area contributed by atoms with Gasteiger partial charge in [-0.25, -0.2) is 8.42 Å². The number of amides is 1. The highest BCUT2D eigenvalue weighted by atomic mass is 32.2. The molecule has 0 aliphatic heterocycles. The van der Waals surface area contributed by atoms with Gasteiger partial charge in [0.25, 0.3) is 0 Å². The molecular weight excluding hydrogens is 300 g/mol. The Labute approximate surface area is 133 Å². The largest absolute Gasteiger partial charge is 0.326 e. The van der Waals surface area contributed by atoms with Crippen LogP contribution in [0.3, 0.4) is 0 Å². The zero-order valence-electron chi connectivity index (χ0n) is 13.8. The normalized spacial score (nSPS) is 13.1. The summed E-state index contributed by atoms with van der Waals surface area (Å²) in [5.74, 6) is -0.179. The van der Waals surface area contributed by atoms with Gasteiger partial charge in [0.15, 0.2) is 0 Å². The maximum Gasteiger partial charge on any atom is 0.225 e. The summed E-state index contributed by atoms with van der Waals surface area (Å²) in [6, 6.07) is 7.56. The maximum absolute atomic E-state index is 12.0. The molecule has 0 saturated carbocycles. The molecule has 1 rings (SSSR count). The van der Waals surface area contributed by atoms with Gasteiger partial charge in [-0.2, -0.15) is 4.31 Å². The molecule has 6 heteroatoms. The van der Waals surface area contributed by atoms with Crippen molar-refractivity contribution in [1.29, 1.82) is 0 Å². The quantitative estimate of drug-likeness (QED) is 0.798. The number of anilines is 1. The van der Waals surface area contributed by atoms with Gasteiger partial charge in [-0.05, 0) is 37.5 Å². The van der Waals surface area contributed by atoms with Gasteiger partial charge in [0.1, 0.15) is 0 Å². The summed E-state index contributed by atoms with van der Waals surface area (Å²) in [7, 11) is -3.30. The predicted molar refractivity (Wildman–Crippen MR) is 90.4 cm³/mol. The Morgan fingerprint density at radius 3 is 2.27 bits per heavy atom. The summed E-state index contributed by atoms with van der Waals surface area (Å²) >= 11 is 0. The molecule has 0 bridgehead atoms.